The molecule has 3 rings (SSSR count). The van der Waals surface area contributed by atoms with Crippen molar-refractivity contribution in [3.63, 3.8) is 0 Å². The van der Waals surface area contributed by atoms with Gasteiger partial charge in [-0.05, 0) is 63.5 Å². The number of amides is 1. The standard InChI is InChI=1S/C19H29N3O4S/c1-16-5-6-17(19(23)20-7-4-10-21-8-2-3-9-21)15-18(16)27(24,25)22-11-13-26-14-12-22/h5-6,15H,2-4,7-14H2,1H3,(H,20,23). The van der Waals surface area contributed by atoms with Crippen molar-refractivity contribution in [3.05, 3.63) is 29.3 Å². The highest BCUT2D eigenvalue weighted by Crippen LogP contribution is 2.22. The molecule has 1 amide bonds. The minimum Gasteiger partial charge on any atom is -0.379 e. The molecule has 27 heavy (non-hydrogen) atoms. The number of carbonyl (C=O) groups excluding carboxylic acids is 1. The molecule has 150 valence electrons. The molecule has 2 aliphatic rings. The van der Waals surface area contributed by atoms with Crippen LogP contribution in [0.2, 0.25) is 0 Å². The molecular formula is C19H29N3O4S. The Bertz CT molecular complexity index is 754. The normalized spacial score (nSPS) is 19.3. The SMILES string of the molecule is Cc1ccc(C(=O)NCCCN2CCCC2)cc1S(=O)(=O)N1CCOCC1. The van der Waals surface area contributed by atoms with Crippen molar-refractivity contribution in [2.45, 2.75) is 31.1 Å². The summed E-state index contributed by atoms with van der Waals surface area (Å²) in [6.45, 7) is 7.11. The number of hydrogen-bond donors (Lipinski definition) is 1. The molecule has 0 radical (unpaired) electrons. The van der Waals surface area contributed by atoms with Gasteiger partial charge in [0, 0.05) is 25.2 Å². The monoisotopic (exact) mass is 395 g/mol. The average Bonchev–Trinajstić information content (AvgIpc) is 3.19. The third-order valence-electron chi connectivity index (χ3n) is 5.17. The Kier molecular flexibility index (Phi) is 6.86. The lowest BCUT2D eigenvalue weighted by atomic mass is 10.1. The Morgan fingerprint density at radius 1 is 1.15 bits per heavy atom. The van der Waals surface area contributed by atoms with Crippen LogP contribution < -0.4 is 5.32 Å². The first kappa shape index (κ1) is 20.3. The van der Waals surface area contributed by atoms with Gasteiger partial charge in [-0.1, -0.05) is 6.07 Å². The second kappa shape index (κ2) is 9.14. The van der Waals surface area contributed by atoms with Gasteiger partial charge in [0.15, 0.2) is 0 Å². The third-order valence-corrected chi connectivity index (χ3v) is 7.21. The van der Waals surface area contributed by atoms with Gasteiger partial charge in [-0.2, -0.15) is 4.31 Å². The van der Waals surface area contributed by atoms with Gasteiger partial charge in [-0.3, -0.25) is 4.79 Å². The summed E-state index contributed by atoms with van der Waals surface area (Å²) in [6, 6.07) is 4.88. The fourth-order valence-corrected chi connectivity index (χ4v) is 5.22. The van der Waals surface area contributed by atoms with E-state index in [1.165, 1.54) is 23.2 Å². The lowest BCUT2D eigenvalue weighted by Gasteiger charge is -2.26. The second-order valence-corrected chi connectivity index (χ2v) is 9.06. The van der Waals surface area contributed by atoms with Crippen LogP contribution in [0.3, 0.4) is 0 Å². The van der Waals surface area contributed by atoms with Crippen LogP contribution >= 0.6 is 0 Å². The number of nitrogens with zero attached hydrogens (tertiary/aromatic N) is 2. The molecule has 1 aromatic carbocycles. The largest absolute Gasteiger partial charge is 0.379 e. The molecule has 1 N–H and O–H groups in total. The quantitative estimate of drug-likeness (QED) is 0.703. The number of carbonyl (C=O) groups is 1. The molecule has 0 unspecified atom stereocenters. The van der Waals surface area contributed by atoms with Crippen LogP contribution in [-0.4, -0.2) is 76.0 Å². The lowest BCUT2D eigenvalue weighted by Crippen LogP contribution is -2.41. The van der Waals surface area contributed by atoms with Crippen LogP contribution in [0.4, 0.5) is 0 Å². The number of aryl methyl sites for hydroxylation is 1. The van der Waals surface area contributed by atoms with Gasteiger partial charge in [0.2, 0.25) is 10.0 Å². The van der Waals surface area contributed by atoms with E-state index in [1.807, 2.05) is 0 Å². The van der Waals surface area contributed by atoms with E-state index in [4.69, 9.17) is 4.74 Å². The van der Waals surface area contributed by atoms with Crippen molar-refractivity contribution in [2.24, 2.45) is 0 Å². The summed E-state index contributed by atoms with van der Waals surface area (Å²) in [5.74, 6) is -0.227. The van der Waals surface area contributed by atoms with Crippen LogP contribution in [0.5, 0.6) is 0 Å². The number of nitrogens with one attached hydrogen (secondary N) is 1. The highest BCUT2D eigenvalue weighted by Gasteiger charge is 2.28. The van der Waals surface area contributed by atoms with Crippen LogP contribution in [0.25, 0.3) is 0 Å². The Morgan fingerprint density at radius 3 is 2.56 bits per heavy atom. The first-order valence-corrected chi connectivity index (χ1v) is 11.1. The summed E-state index contributed by atoms with van der Waals surface area (Å²) >= 11 is 0. The molecule has 8 heteroatoms. The Hall–Kier alpha value is -1.48. The maximum absolute atomic E-state index is 12.9. The zero-order valence-corrected chi connectivity index (χ0v) is 16.8. The molecular weight excluding hydrogens is 366 g/mol. The first-order valence-electron chi connectivity index (χ1n) is 9.67. The van der Waals surface area contributed by atoms with E-state index in [2.05, 4.69) is 10.2 Å². The minimum atomic E-state index is -3.62. The van der Waals surface area contributed by atoms with Gasteiger partial charge >= 0.3 is 0 Å². The third kappa shape index (κ3) is 5.07. The Balaban J connectivity index is 1.62. The number of likely N-dealkylation sites (tertiary alicyclic amines) is 1. The fraction of sp³-hybridized carbons (Fsp3) is 0.632. The van der Waals surface area contributed by atoms with Crippen molar-refractivity contribution in [1.29, 1.82) is 0 Å². The number of morpholine rings is 1. The fourth-order valence-electron chi connectivity index (χ4n) is 3.56. The summed E-state index contributed by atoms with van der Waals surface area (Å²) < 4.78 is 32.5. The Morgan fingerprint density at radius 2 is 1.85 bits per heavy atom. The number of rotatable bonds is 7. The highest BCUT2D eigenvalue weighted by molar-refractivity contribution is 7.89. The molecule has 0 spiro atoms. The highest BCUT2D eigenvalue weighted by atomic mass is 32.2. The summed E-state index contributed by atoms with van der Waals surface area (Å²) in [6.07, 6.45) is 3.42. The van der Waals surface area contributed by atoms with Gasteiger partial charge < -0.3 is 15.0 Å². The van der Waals surface area contributed by atoms with Crippen LogP contribution in [0, 0.1) is 6.92 Å². The van der Waals surface area contributed by atoms with Crippen molar-refractivity contribution < 1.29 is 17.9 Å². The predicted molar refractivity (Wildman–Crippen MR) is 103 cm³/mol. The van der Waals surface area contributed by atoms with Gasteiger partial charge in [0.25, 0.3) is 5.91 Å². The van der Waals surface area contributed by atoms with Crippen LogP contribution in [-0.2, 0) is 14.8 Å². The number of benzene rings is 1. The minimum absolute atomic E-state index is 0.203. The molecule has 0 aliphatic carbocycles. The maximum atomic E-state index is 12.9. The van der Waals surface area contributed by atoms with E-state index in [0.717, 1.165) is 26.1 Å². The number of hydrogen-bond acceptors (Lipinski definition) is 5. The molecule has 0 bridgehead atoms. The van der Waals surface area contributed by atoms with Crippen molar-refractivity contribution >= 4 is 15.9 Å². The zero-order chi connectivity index (χ0) is 19.3. The van der Waals surface area contributed by atoms with E-state index in [-0.39, 0.29) is 10.8 Å². The molecule has 0 saturated carbocycles. The second-order valence-electron chi connectivity index (χ2n) is 7.15. The van der Waals surface area contributed by atoms with Gasteiger partial charge in [0.05, 0.1) is 18.1 Å². The van der Waals surface area contributed by atoms with E-state index >= 15 is 0 Å². The number of ether oxygens (including phenoxy) is 1. The Labute approximate surface area is 161 Å². The molecule has 2 saturated heterocycles. The number of sulfonamides is 1. The van der Waals surface area contributed by atoms with E-state index in [0.29, 0.717) is 44.0 Å². The van der Waals surface area contributed by atoms with Crippen LogP contribution in [0.15, 0.2) is 23.1 Å². The lowest BCUT2D eigenvalue weighted by molar-refractivity contribution is 0.0730. The summed E-state index contributed by atoms with van der Waals surface area (Å²) in [4.78, 5) is 15.1. The molecule has 2 fully saturated rings. The zero-order valence-electron chi connectivity index (χ0n) is 15.9. The van der Waals surface area contributed by atoms with Gasteiger partial charge in [0.1, 0.15) is 0 Å². The molecule has 2 heterocycles. The summed E-state index contributed by atoms with van der Waals surface area (Å²) in [5, 5.41) is 2.91. The van der Waals surface area contributed by atoms with Crippen molar-refractivity contribution in [1.82, 2.24) is 14.5 Å². The molecule has 2 aliphatic heterocycles. The van der Waals surface area contributed by atoms with Gasteiger partial charge in [-0.25, -0.2) is 8.42 Å². The average molecular weight is 396 g/mol. The van der Waals surface area contributed by atoms with Crippen molar-refractivity contribution in [3.8, 4) is 0 Å². The summed E-state index contributed by atoms with van der Waals surface area (Å²) in [5.41, 5.74) is 1.03. The molecule has 0 atom stereocenters. The predicted octanol–water partition coefficient (Wildman–Crippen LogP) is 1.23. The van der Waals surface area contributed by atoms with Crippen LogP contribution in [0.1, 0.15) is 35.2 Å². The van der Waals surface area contributed by atoms with Gasteiger partial charge in [-0.15, -0.1) is 0 Å². The van der Waals surface area contributed by atoms with E-state index in [9.17, 15) is 13.2 Å². The van der Waals surface area contributed by atoms with E-state index < -0.39 is 10.0 Å². The topological polar surface area (TPSA) is 79.0 Å². The summed E-state index contributed by atoms with van der Waals surface area (Å²) in [7, 11) is -3.62. The smallest absolute Gasteiger partial charge is 0.251 e. The molecule has 1 aromatic rings. The molecule has 0 aromatic heterocycles. The molecule has 7 nitrogen and oxygen atoms in total. The maximum Gasteiger partial charge on any atom is 0.251 e. The van der Waals surface area contributed by atoms with E-state index in [1.54, 1.807) is 19.1 Å². The van der Waals surface area contributed by atoms with Crippen molar-refractivity contribution in [2.75, 3.05) is 52.5 Å². The first-order chi connectivity index (χ1) is 13.0.